The maximum absolute atomic E-state index is 12.5. The van der Waals surface area contributed by atoms with Crippen molar-refractivity contribution < 1.29 is 14.3 Å². The predicted molar refractivity (Wildman–Crippen MR) is 106 cm³/mol. The predicted octanol–water partition coefficient (Wildman–Crippen LogP) is 3.53. The number of ether oxygens (including phenoxy) is 1. The van der Waals surface area contributed by atoms with Gasteiger partial charge in [-0.05, 0) is 47.4 Å². The van der Waals surface area contributed by atoms with E-state index in [1.807, 2.05) is 48.5 Å². The zero-order chi connectivity index (χ0) is 19.6. The molecule has 1 N–H and O–H groups in total. The van der Waals surface area contributed by atoms with Gasteiger partial charge in [0.1, 0.15) is 5.75 Å². The van der Waals surface area contributed by atoms with E-state index in [4.69, 9.17) is 4.74 Å². The van der Waals surface area contributed by atoms with Crippen molar-refractivity contribution in [2.24, 2.45) is 0 Å². The minimum atomic E-state index is -0.200. The Morgan fingerprint density at radius 1 is 1.07 bits per heavy atom. The fourth-order valence-corrected chi connectivity index (χ4v) is 3.21. The highest BCUT2D eigenvalue weighted by molar-refractivity contribution is 5.99. The molecule has 27 heavy (non-hydrogen) atoms. The van der Waals surface area contributed by atoms with E-state index in [0.717, 1.165) is 11.4 Å². The molecule has 0 unspecified atom stereocenters. The van der Waals surface area contributed by atoms with Crippen molar-refractivity contribution in [3.8, 4) is 5.75 Å². The Morgan fingerprint density at radius 2 is 1.70 bits per heavy atom. The number of carbonyl (C=O) groups excluding carboxylic acids is 2. The third-order valence-electron chi connectivity index (χ3n) is 4.86. The van der Waals surface area contributed by atoms with Crippen LogP contribution in [0.25, 0.3) is 0 Å². The average Bonchev–Trinajstić information content (AvgIpc) is 3.01. The topological polar surface area (TPSA) is 58.6 Å². The van der Waals surface area contributed by atoms with Crippen LogP contribution >= 0.6 is 0 Å². The second kappa shape index (κ2) is 7.43. The lowest BCUT2D eigenvalue weighted by Gasteiger charge is -2.19. The Morgan fingerprint density at radius 3 is 2.26 bits per heavy atom. The van der Waals surface area contributed by atoms with E-state index in [9.17, 15) is 9.59 Å². The van der Waals surface area contributed by atoms with Crippen molar-refractivity contribution in [1.29, 1.82) is 0 Å². The van der Waals surface area contributed by atoms with Crippen molar-refractivity contribution in [2.45, 2.75) is 38.6 Å². The van der Waals surface area contributed by atoms with Gasteiger partial charge in [-0.25, -0.2) is 0 Å². The number of rotatable bonds is 4. The van der Waals surface area contributed by atoms with E-state index >= 15 is 0 Å². The summed E-state index contributed by atoms with van der Waals surface area (Å²) in [5, 5.41) is 2.98. The first-order valence-corrected chi connectivity index (χ1v) is 9.14. The molecule has 0 aliphatic carbocycles. The van der Waals surface area contributed by atoms with Crippen LogP contribution in [0, 0.1) is 0 Å². The molecule has 142 valence electrons. The fourth-order valence-electron chi connectivity index (χ4n) is 3.21. The van der Waals surface area contributed by atoms with Gasteiger partial charge in [-0.3, -0.25) is 9.59 Å². The first-order chi connectivity index (χ1) is 12.8. The van der Waals surface area contributed by atoms with Crippen molar-refractivity contribution in [3.63, 3.8) is 0 Å². The highest BCUT2D eigenvalue weighted by atomic mass is 16.5. The molecule has 0 bridgehead atoms. The normalized spacial score (nSPS) is 17.1. The third-order valence-corrected chi connectivity index (χ3v) is 4.86. The van der Waals surface area contributed by atoms with Crippen LogP contribution in [0.15, 0.2) is 48.5 Å². The van der Waals surface area contributed by atoms with Crippen molar-refractivity contribution in [2.75, 3.05) is 18.6 Å². The summed E-state index contributed by atoms with van der Waals surface area (Å²) in [4.78, 5) is 26.6. The molecule has 2 amide bonds. The molecule has 0 aromatic heterocycles. The minimum absolute atomic E-state index is 0.00791. The van der Waals surface area contributed by atoms with Gasteiger partial charge in [0.15, 0.2) is 0 Å². The number of benzene rings is 2. The maximum Gasteiger partial charge on any atom is 0.251 e. The number of carbonyl (C=O) groups is 2. The van der Waals surface area contributed by atoms with Crippen LogP contribution in [-0.4, -0.2) is 31.5 Å². The van der Waals surface area contributed by atoms with Crippen LogP contribution in [0.2, 0.25) is 0 Å². The molecule has 2 aromatic carbocycles. The molecule has 1 fully saturated rings. The molecule has 1 atom stereocenters. The van der Waals surface area contributed by atoms with Crippen LogP contribution in [0.1, 0.15) is 43.1 Å². The molecule has 0 spiro atoms. The summed E-state index contributed by atoms with van der Waals surface area (Å²) >= 11 is 0. The highest BCUT2D eigenvalue weighted by Gasteiger charge is 2.31. The van der Waals surface area contributed by atoms with Gasteiger partial charge in [-0.15, -0.1) is 0 Å². The molecule has 1 heterocycles. The second-order valence-corrected chi connectivity index (χ2v) is 7.90. The summed E-state index contributed by atoms with van der Waals surface area (Å²) < 4.78 is 5.15. The van der Waals surface area contributed by atoms with E-state index in [2.05, 4.69) is 26.1 Å². The highest BCUT2D eigenvalue weighted by Crippen LogP contribution is 2.25. The van der Waals surface area contributed by atoms with Gasteiger partial charge in [0.05, 0.1) is 13.2 Å². The lowest BCUT2D eigenvalue weighted by molar-refractivity contribution is -0.117. The minimum Gasteiger partial charge on any atom is -0.497 e. The van der Waals surface area contributed by atoms with E-state index in [1.165, 1.54) is 5.56 Å². The Kier molecular flexibility index (Phi) is 5.22. The summed E-state index contributed by atoms with van der Waals surface area (Å²) in [7, 11) is 1.61. The summed E-state index contributed by atoms with van der Waals surface area (Å²) in [5.41, 5.74) is 2.65. The third kappa shape index (κ3) is 4.30. The van der Waals surface area contributed by atoms with Crippen LogP contribution in [0.3, 0.4) is 0 Å². The Bertz CT molecular complexity index is 820. The zero-order valence-electron chi connectivity index (χ0n) is 16.3. The number of nitrogens with one attached hydrogen (secondary N) is 1. The Hall–Kier alpha value is -2.82. The van der Waals surface area contributed by atoms with Gasteiger partial charge >= 0.3 is 0 Å². The quantitative estimate of drug-likeness (QED) is 0.901. The van der Waals surface area contributed by atoms with Gasteiger partial charge < -0.3 is 15.0 Å². The van der Waals surface area contributed by atoms with Gasteiger partial charge in [-0.1, -0.05) is 32.9 Å². The van der Waals surface area contributed by atoms with Crippen LogP contribution in [-0.2, 0) is 10.2 Å². The summed E-state index contributed by atoms with van der Waals surface area (Å²) in [6, 6.07) is 14.8. The molecular formula is C22H26N2O3. The SMILES string of the molecule is COc1ccc(N2C[C@@H](NC(=O)c3ccc(C(C)(C)C)cc3)CC2=O)cc1. The summed E-state index contributed by atoms with van der Waals surface area (Å²) in [5.74, 6) is 0.604. The number of hydrogen-bond acceptors (Lipinski definition) is 3. The second-order valence-electron chi connectivity index (χ2n) is 7.90. The van der Waals surface area contributed by atoms with Crippen LogP contribution in [0.5, 0.6) is 5.75 Å². The number of methoxy groups -OCH3 is 1. The lowest BCUT2D eigenvalue weighted by Crippen LogP contribution is -2.37. The molecule has 1 aliphatic rings. The molecule has 3 rings (SSSR count). The molecule has 1 saturated heterocycles. The maximum atomic E-state index is 12.5. The van der Waals surface area contributed by atoms with Gasteiger partial charge in [-0.2, -0.15) is 0 Å². The molecule has 0 saturated carbocycles. The standard InChI is InChI=1S/C22H26N2O3/c1-22(2,3)16-7-5-15(6-8-16)21(26)23-17-13-20(25)24(14-17)18-9-11-19(27-4)12-10-18/h5-12,17H,13-14H2,1-4H3,(H,23,26)/t17-/m0/s1. The Balaban J connectivity index is 1.64. The monoisotopic (exact) mass is 366 g/mol. The number of anilines is 1. The zero-order valence-corrected chi connectivity index (χ0v) is 16.3. The largest absolute Gasteiger partial charge is 0.497 e. The first-order valence-electron chi connectivity index (χ1n) is 9.14. The summed E-state index contributed by atoms with van der Waals surface area (Å²) in [6.07, 6.45) is 0.303. The average molecular weight is 366 g/mol. The number of hydrogen-bond donors (Lipinski definition) is 1. The van der Waals surface area contributed by atoms with Crippen molar-refractivity contribution in [3.05, 3.63) is 59.7 Å². The fraction of sp³-hybridized carbons (Fsp3) is 0.364. The van der Waals surface area contributed by atoms with Crippen LogP contribution in [0.4, 0.5) is 5.69 Å². The Labute approximate surface area is 160 Å². The molecule has 5 nitrogen and oxygen atoms in total. The smallest absolute Gasteiger partial charge is 0.251 e. The van der Waals surface area contributed by atoms with Crippen molar-refractivity contribution in [1.82, 2.24) is 5.32 Å². The van der Waals surface area contributed by atoms with Crippen molar-refractivity contribution >= 4 is 17.5 Å². The van der Waals surface area contributed by atoms with E-state index in [1.54, 1.807) is 12.0 Å². The summed E-state index contributed by atoms with van der Waals surface area (Å²) in [6.45, 7) is 6.89. The van der Waals surface area contributed by atoms with Gasteiger partial charge in [0, 0.05) is 24.2 Å². The van der Waals surface area contributed by atoms with Crippen LogP contribution < -0.4 is 15.0 Å². The number of amides is 2. The molecule has 2 aromatic rings. The molecular weight excluding hydrogens is 340 g/mol. The van der Waals surface area contributed by atoms with E-state index < -0.39 is 0 Å². The van der Waals surface area contributed by atoms with Gasteiger partial charge in [0.25, 0.3) is 5.91 Å². The lowest BCUT2D eigenvalue weighted by atomic mass is 9.86. The molecule has 5 heteroatoms. The van der Waals surface area contributed by atoms with Gasteiger partial charge in [0.2, 0.25) is 5.91 Å². The first kappa shape index (κ1) is 19.0. The molecule has 1 aliphatic heterocycles. The van der Waals surface area contributed by atoms with E-state index in [0.29, 0.717) is 18.5 Å². The molecule has 0 radical (unpaired) electrons. The van der Waals surface area contributed by atoms with E-state index in [-0.39, 0.29) is 23.3 Å². The number of nitrogens with zero attached hydrogens (tertiary/aromatic N) is 1.